The summed E-state index contributed by atoms with van der Waals surface area (Å²) in [5.41, 5.74) is 6.79. The molecule has 5 N–H and O–H groups in total. The topological polar surface area (TPSA) is 146 Å². The van der Waals surface area contributed by atoms with Crippen molar-refractivity contribution in [3.05, 3.63) is 6.33 Å². The van der Waals surface area contributed by atoms with Crippen LogP contribution in [-0.4, -0.2) is 97.9 Å². The molecule has 0 saturated carbocycles. The summed E-state index contributed by atoms with van der Waals surface area (Å²) < 4.78 is 7.36. The molecule has 2 aliphatic rings. The van der Waals surface area contributed by atoms with E-state index in [1.54, 1.807) is 4.57 Å². The van der Waals surface area contributed by atoms with Crippen molar-refractivity contribution < 1.29 is 20.1 Å². The number of fused-ring (bicyclic) bond motifs is 1. The van der Waals surface area contributed by atoms with Crippen molar-refractivity contribution >= 4 is 22.9 Å². The summed E-state index contributed by atoms with van der Waals surface area (Å²) >= 11 is 0. The van der Waals surface area contributed by atoms with E-state index in [0.29, 0.717) is 17.1 Å². The minimum Gasteiger partial charge on any atom is -0.394 e. The zero-order valence-electron chi connectivity index (χ0n) is 14.4. The highest BCUT2D eigenvalue weighted by Gasteiger charge is 2.45. The Morgan fingerprint density at radius 3 is 2.58 bits per heavy atom. The molecule has 4 atom stereocenters. The number of aliphatic hydroxyl groups is 3. The normalized spacial score (nSPS) is 30.4. The Bertz CT molecular complexity index is 792. The zero-order chi connectivity index (χ0) is 18.4. The third-order valence-corrected chi connectivity index (χ3v) is 5.04. The number of aromatic nitrogens is 4. The van der Waals surface area contributed by atoms with Crippen LogP contribution in [0.2, 0.25) is 0 Å². The van der Waals surface area contributed by atoms with Crippen LogP contribution >= 0.6 is 0 Å². The Morgan fingerprint density at radius 2 is 1.92 bits per heavy atom. The third-order valence-electron chi connectivity index (χ3n) is 5.04. The summed E-state index contributed by atoms with van der Waals surface area (Å²) in [5.74, 6) is 0.783. The molecule has 4 rings (SSSR count). The standard InChI is InChI=1S/C15H23N7O4/c1-20-2-4-21(5-3-20)15-19-9-12(16)17-7-18-13(9)22(15)14-11(25)10(24)8(6-23)26-14/h7-8,10-11,14,23-25H,2-6H2,1H3,(H2,16,17,18)/t8-,10+,11+,14-/m1/s1. The van der Waals surface area contributed by atoms with Gasteiger partial charge < -0.3 is 35.6 Å². The molecular weight excluding hydrogens is 342 g/mol. The van der Waals surface area contributed by atoms with Gasteiger partial charge in [-0.15, -0.1) is 0 Å². The predicted octanol–water partition coefficient (Wildman–Crippen LogP) is -2.23. The van der Waals surface area contributed by atoms with Gasteiger partial charge in [-0.05, 0) is 7.05 Å². The third kappa shape index (κ3) is 2.68. The lowest BCUT2D eigenvalue weighted by atomic mass is 10.1. The summed E-state index contributed by atoms with van der Waals surface area (Å²) in [6, 6.07) is 0. The first-order chi connectivity index (χ1) is 12.5. The van der Waals surface area contributed by atoms with Crippen LogP contribution in [0.3, 0.4) is 0 Å². The maximum Gasteiger partial charge on any atom is 0.210 e. The quantitative estimate of drug-likeness (QED) is 0.471. The molecule has 2 aromatic rings. The lowest BCUT2D eigenvalue weighted by molar-refractivity contribution is -0.0505. The van der Waals surface area contributed by atoms with Crippen LogP contribution in [0.1, 0.15) is 6.23 Å². The van der Waals surface area contributed by atoms with Crippen molar-refractivity contribution in [3.63, 3.8) is 0 Å². The lowest BCUT2D eigenvalue weighted by Crippen LogP contribution is -2.46. The van der Waals surface area contributed by atoms with Crippen molar-refractivity contribution in [1.29, 1.82) is 0 Å². The molecule has 26 heavy (non-hydrogen) atoms. The van der Waals surface area contributed by atoms with Gasteiger partial charge in [0.15, 0.2) is 23.2 Å². The molecule has 2 saturated heterocycles. The Hall–Kier alpha value is -2.05. The molecule has 142 valence electrons. The van der Waals surface area contributed by atoms with Gasteiger partial charge in [0.25, 0.3) is 0 Å². The van der Waals surface area contributed by atoms with Crippen molar-refractivity contribution in [1.82, 2.24) is 24.4 Å². The SMILES string of the molecule is CN1CCN(c2nc3c(N)ncnc3n2[C@@H]2O[C@H](CO)[C@H](O)[C@@H]2O)CC1. The molecule has 2 aromatic heterocycles. The number of piperazine rings is 1. The Kier molecular flexibility index (Phi) is 4.40. The van der Waals surface area contributed by atoms with Crippen molar-refractivity contribution in [2.75, 3.05) is 50.5 Å². The van der Waals surface area contributed by atoms with Crippen LogP contribution in [-0.2, 0) is 4.74 Å². The van der Waals surface area contributed by atoms with Gasteiger partial charge in [0.05, 0.1) is 6.61 Å². The summed E-state index contributed by atoms with van der Waals surface area (Å²) in [6.45, 7) is 2.80. The second-order valence-electron chi connectivity index (χ2n) is 6.73. The molecule has 0 radical (unpaired) electrons. The van der Waals surface area contributed by atoms with Gasteiger partial charge in [0.1, 0.15) is 24.6 Å². The number of rotatable bonds is 3. The van der Waals surface area contributed by atoms with Gasteiger partial charge in [-0.2, -0.15) is 0 Å². The largest absolute Gasteiger partial charge is 0.394 e. The van der Waals surface area contributed by atoms with E-state index >= 15 is 0 Å². The Labute approximate surface area is 149 Å². The molecule has 0 aromatic carbocycles. The molecule has 0 unspecified atom stereocenters. The molecule has 2 fully saturated rings. The smallest absolute Gasteiger partial charge is 0.210 e. The number of nitrogen functional groups attached to an aromatic ring is 1. The second kappa shape index (κ2) is 6.59. The van der Waals surface area contributed by atoms with E-state index in [2.05, 4.69) is 31.8 Å². The van der Waals surface area contributed by atoms with Gasteiger partial charge in [0.2, 0.25) is 5.95 Å². The van der Waals surface area contributed by atoms with E-state index in [4.69, 9.17) is 10.5 Å². The molecule has 11 heteroatoms. The first-order valence-electron chi connectivity index (χ1n) is 8.55. The fraction of sp³-hybridized carbons (Fsp3) is 0.667. The first kappa shape index (κ1) is 17.4. The van der Waals surface area contributed by atoms with E-state index < -0.39 is 31.1 Å². The van der Waals surface area contributed by atoms with Gasteiger partial charge in [-0.3, -0.25) is 4.57 Å². The number of imidazole rings is 1. The number of nitrogens with zero attached hydrogens (tertiary/aromatic N) is 6. The highest BCUT2D eigenvalue weighted by atomic mass is 16.6. The summed E-state index contributed by atoms with van der Waals surface area (Å²) in [4.78, 5) is 17.1. The number of aliphatic hydroxyl groups excluding tert-OH is 3. The molecule has 0 bridgehead atoms. The molecule has 4 heterocycles. The molecule has 0 spiro atoms. The predicted molar refractivity (Wildman–Crippen MR) is 92.5 cm³/mol. The van der Waals surface area contributed by atoms with Crippen LogP contribution in [0.4, 0.5) is 11.8 Å². The average Bonchev–Trinajstić information content (AvgIpc) is 3.15. The van der Waals surface area contributed by atoms with Crippen LogP contribution in [0.15, 0.2) is 6.33 Å². The molecule has 0 amide bonds. The van der Waals surface area contributed by atoms with Gasteiger partial charge in [0, 0.05) is 26.2 Å². The lowest BCUT2D eigenvalue weighted by Gasteiger charge is -2.34. The Balaban J connectivity index is 1.81. The number of anilines is 2. The second-order valence-corrected chi connectivity index (χ2v) is 6.73. The first-order valence-corrected chi connectivity index (χ1v) is 8.55. The van der Waals surface area contributed by atoms with Crippen LogP contribution in [0.5, 0.6) is 0 Å². The van der Waals surface area contributed by atoms with Gasteiger partial charge in [-0.1, -0.05) is 0 Å². The average molecular weight is 365 g/mol. The number of hydrogen-bond donors (Lipinski definition) is 4. The van der Waals surface area contributed by atoms with E-state index in [1.807, 2.05) is 0 Å². The van der Waals surface area contributed by atoms with Crippen molar-refractivity contribution in [3.8, 4) is 0 Å². The summed E-state index contributed by atoms with van der Waals surface area (Å²) in [6.07, 6.45) is -2.93. The van der Waals surface area contributed by atoms with E-state index in [1.165, 1.54) is 6.33 Å². The van der Waals surface area contributed by atoms with Crippen LogP contribution in [0.25, 0.3) is 11.2 Å². The minimum absolute atomic E-state index is 0.232. The zero-order valence-corrected chi connectivity index (χ0v) is 14.4. The van der Waals surface area contributed by atoms with E-state index in [-0.39, 0.29) is 5.82 Å². The fourth-order valence-corrected chi connectivity index (χ4v) is 3.47. The maximum absolute atomic E-state index is 10.5. The molecule has 0 aliphatic carbocycles. The number of ether oxygens (including phenoxy) is 1. The van der Waals surface area contributed by atoms with Crippen LogP contribution < -0.4 is 10.6 Å². The number of likely N-dealkylation sites (N-methyl/N-ethyl adjacent to an activating group) is 1. The Morgan fingerprint density at radius 1 is 1.19 bits per heavy atom. The van der Waals surface area contributed by atoms with E-state index in [0.717, 1.165) is 26.2 Å². The fourth-order valence-electron chi connectivity index (χ4n) is 3.47. The highest BCUT2D eigenvalue weighted by Crippen LogP contribution is 2.36. The molecule has 2 aliphatic heterocycles. The van der Waals surface area contributed by atoms with Crippen molar-refractivity contribution in [2.45, 2.75) is 24.5 Å². The number of nitrogens with two attached hydrogens (primary N) is 1. The molecule has 11 nitrogen and oxygen atoms in total. The minimum atomic E-state index is -1.23. The van der Waals surface area contributed by atoms with Crippen molar-refractivity contribution in [2.24, 2.45) is 0 Å². The summed E-state index contributed by atoms with van der Waals surface area (Å²) in [5, 5.41) is 30.0. The van der Waals surface area contributed by atoms with Crippen LogP contribution in [0, 0.1) is 0 Å². The maximum atomic E-state index is 10.5. The van der Waals surface area contributed by atoms with E-state index in [9.17, 15) is 15.3 Å². The highest BCUT2D eigenvalue weighted by molar-refractivity contribution is 5.84. The van der Waals surface area contributed by atoms with Gasteiger partial charge >= 0.3 is 0 Å². The monoisotopic (exact) mass is 365 g/mol. The van der Waals surface area contributed by atoms with Gasteiger partial charge in [-0.25, -0.2) is 15.0 Å². The number of hydrogen-bond acceptors (Lipinski definition) is 10. The molecular formula is C15H23N7O4. The summed E-state index contributed by atoms with van der Waals surface area (Å²) in [7, 11) is 2.05.